The van der Waals surface area contributed by atoms with Crippen LogP contribution in [0.4, 0.5) is 13.2 Å². The molecular weight excluding hydrogens is 551 g/mol. The molecular formula is C31H44F3N3O3S. The van der Waals surface area contributed by atoms with E-state index in [1.54, 1.807) is 18.2 Å². The number of carbonyl (C=O) groups excluding carboxylic acids is 1. The Morgan fingerprint density at radius 3 is 2.34 bits per heavy atom. The number of benzene rings is 2. The second kappa shape index (κ2) is 15.2. The van der Waals surface area contributed by atoms with Crippen molar-refractivity contribution in [2.75, 3.05) is 52.1 Å². The van der Waals surface area contributed by atoms with E-state index in [1.807, 2.05) is 17.0 Å². The number of amides is 1. The number of halogens is 3. The minimum atomic E-state index is -4.34. The van der Waals surface area contributed by atoms with Crippen molar-refractivity contribution in [2.24, 2.45) is 0 Å². The van der Waals surface area contributed by atoms with E-state index in [9.17, 15) is 26.4 Å². The summed E-state index contributed by atoms with van der Waals surface area (Å²) in [7, 11) is -3.20. The van der Waals surface area contributed by atoms with Gasteiger partial charge in [-0.3, -0.25) is 4.79 Å². The first kappa shape index (κ1) is 33.1. The molecule has 2 aromatic rings. The molecule has 3 rings (SSSR count). The van der Waals surface area contributed by atoms with E-state index >= 15 is 0 Å². The van der Waals surface area contributed by atoms with Gasteiger partial charge in [-0.05, 0) is 81.4 Å². The zero-order valence-corrected chi connectivity index (χ0v) is 25.3. The van der Waals surface area contributed by atoms with Crippen LogP contribution in [-0.2, 0) is 33.6 Å². The molecule has 0 bridgehead atoms. The maximum atomic E-state index is 13.0. The Labute approximate surface area is 243 Å². The van der Waals surface area contributed by atoms with Gasteiger partial charge in [-0.15, -0.1) is 0 Å². The van der Waals surface area contributed by atoms with Gasteiger partial charge in [0.25, 0.3) is 0 Å². The number of unbranched alkanes of at least 4 members (excludes halogenated alkanes) is 1. The van der Waals surface area contributed by atoms with Crippen LogP contribution >= 0.6 is 0 Å². The van der Waals surface area contributed by atoms with Crippen molar-refractivity contribution in [1.29, 1.82) is 0 Å². The topological polar surface area (TPSA) is 60.9 Å². The van der Waals surface area contributed by atoms with Crippen molar-refractivity contribution in [3.8, 4) is 0 Å². The molecule has 1 amide bonds. The van der Waals surface area contributed by atoms with E-state index < -0.39 is 21.6 Å². The zero-order chi connectivity index (χ0) is 30.0. The third kappa shape index (κ3) is 10.7. The summed E-state index contributed by atoms with van der Waals surface area (Å²) in [5, 5.41) is 0. The quantitative estimate of drug-likeness (QED) is 0.277. The van der Waals surface area contributed by atoms with E-state index in [1.165, 1.54) is 18.4 Å². The molecule has 1 fully saturated rings. The van der Waals surface area contributed by atoms with Crippen LogP contribution in [0.3, 0.4) is 0 Å². The molecule has 0 N–H and O–H groups in total. The highest BCUT2D eigenvalue weighted by Crippen LogP contribution is 2.29. The monoisotopic (exact) mass is 595 g/mol. The van der Waals surface area contributed by atoms with Gasteiger partial charge in [-0.25, -0.2) is 8.42 Å². The Morgan fingerprint density at radius 2 is 1.68 bits per heavy atom. The standard InChI is InChI=1S/C31H44F3N3O3S/c1-4-16-36(25(2)23-27-10-12-29(13-11-27)41(3,39)40)17-5-6-18-37-22-21-35(20-15-30(37)38)19-14-26-8-7-9-28(24-26)31(32,33)34/h7-13,24-25H,4-6,14-23H2,1-3H3. The fraction of sp³-hybridized carbons (Fsp3) is 0.581. The number of nitrogens with zero attached hydrogens (tertiary/aromatic N) is 3. The molecule has 1 unspecified atom stereocenters. The minimum absolute atomic E-state index is 0.142. The van der Waals surface area contributed by atoms with Crippen molar-refractivity contribution in [1.82, 2.24) is 14.7 Å². The molecule has 2 aromatic carbocycles. The van der Waals surface area contributed by atoms with Crippen molar-refractivity contribution >= 4 is 15.7 Å². The van der Waals surface area contributed by atoms with Crippen LogP contribution in [0.1, 0.15) is 56.2 Å². The van der Waals surface area contributed by atoms with Gasteiger partial charge in [-0.1, -0.05) is 37.3 Å². The summed E-state index contributed by atoms with van der Waals surface area (Å²) in [6, 6.07) is 12.9. The van der Waals surface area contributed by atoms with Crippen molar-refractivity contribution in [3.63, 3.8) is 0 Å². The number of carbonyl (C=O) groups is 1. The van der Waals surface area contributed by atoms with Crippen LogP contribution in [0, 0.1) is 0 Å². The lowest BCUT2D eigenvalue weighted by atomic mass is 10.1. The van der Waals surface area contributed by atoms with Crippen molar-refractivity contribution in [3.05, 3.63) is 65.2 Å². The Bertz CT molecular complexity index is 1220. The largest absolute Gasteiger partial charge is 0.416 e. The fourth-order valence-electron chi connectivity index (χ4n) is 5.36. The number of rotatable bonds is 14. The average molecular weight is 596 g/mol. The maximum absolute atomic E-state index is 13.0. The normalized spacial score (nSPS) is 16.3. The molecule has 0 spiro atoms. The van der Waals surface area contributed by atoms with Gasteiger partial charge in [0.05, 0.1) is 10.5 Å². The Balaban J connectivity index is 1.42. The second-order valence-corrected chi connectivity index (χ2v) is 13.1. The van der Waals surface area contributed by atoms with Crippen LogP contribution in [0.2, 0.25) is 0 Å². The Morgan fingerprint density at radius 1 is 0.951 bits per heavy atom. The Hall–Kier alpha value is -2.43. The van der Waals surface area contributed by atoms with Gasteiger partial charge in [0.15, 0.2) is 9.84 Å². The van der Waals surface area contributed by atoms with E-state index in [-0.39, 0.29) is 5.91 Å². The molecule has 0 radical (unpaired) electrons. The van der Waals surface area contributed by atoms with Crippen molar-refractivity contribution < 1.29 is 26.4 Å². The first-order valence-electron chi connectivity index (χ1n) is 14.6. The molecule has 0 aromatic heterocycles. The number of hydrogen-bond acceptors (Lipinski definition) is 5. The van der Waals surface area contributed by atoms with Gasteiger partial charge in [0.1, 0.15) is 0 Å². The summed E-state index contributed by atoms with van der Waals surface area (Å²) in [6.07, 6.45) is 1.58. The van der Waals surface area contributed by atoms with E-state index in [0.717, 1.165) is 56.9 Å². The highest BCUT2D eigenvalue weighted by atomic mass is 32.2. The third-order valence-corrected chi connectivity index (χ3v) is 8.92. The highest BCUT2D eigenvalue weighted by Gasteiger charge is 2.30. The van der Waals surface area contributed by atoms with E-state index in [2.05, 4.69) is 23.6 Å². The summed E-state index contributed by atoms with van der Waals surface area (Å²) in [5.41, 5.74) is 1.14. The summed E-state index contributed by atoms with van der Waals surface area (Å²) >= 11 is 0. The first-order valence-corrected chi connectivity index (χ1v) is 16.4. The van der Waals surface area contributed by atoms with Crippen LogP contribution in [0.15, 0.2) is 53.4 Å². The molecule has 1 atom stereocenters. The number of alkyl halides is 3. The Kier molecular flexibility index (Phi) is 12.2. The lowest BCUT2D eigenvalue weighted by Gasteiger charge is -2.29. The molecule has 0 aliphatic carbocycles. The summed E-state index contributed by atoms with van der Waals surface area (Å²) in [4.78, 5) is 19.6. The molecule has 0 saturated carbocycles. The number of sulfone groups is 1. The van der Waals surface area contributed by atoms with Crippen LogP contribution < -0.4 is 0 Å². The van der Waals surface area contributed by atoms with Crippen LogP contribution in [0.5, 0.6) is 0 Å². The SMILES string of the molecule is CCCN(CCCCN1CCN(CCc2cccc(C(F)(F)F)c2)CCC1=O)C(C)Cc1ccc(S(C)(=O)=O)cc1. The van der Waals surface area contributed by atoms with E-state index in [0.29, 0.717) is 55.5 Å². The number of hydrogen-bond donors (Lipinski definition) is 0. The van der Waals surface area contributed by atoms with Crippen LogP contribution in [-0.4, -0.2) is 87.1 Å². The predicted molar refractivity (Wildman–Crippen MR) is 157 cm³/mol. The smallest absolute Gasteiger partial charge is 0.341 e. The zero-order valence-electron chi connectivity index (χ0n) is 24.5. The molecule has 10 heteroatoms. The molecule has 1 aliphatic heterocycles. The van der Waals surface area contributed by atoms with Gasteiger partial charge >= 0.3 is 6.18 Å². The molecule has 1 heterocycles. The van der Waals surface area contributed by atoms with E-state index in [4.69, 9.17) is 0 Å². The summed E-state index contributed by atoms with van der Waals surface area (Å²) in [6.45, 7) is 9.60. The minimum Gasteiger partial charge on any atom is -0.341 e. The summed E-state index contributed by atoms with van der Waals surface area (Å²) in [5.74, 6) is 0.142. The van der Waals surface area contributed by atoms with Gasteiger partial charge < -0.3 is 14.7 Å². The summed E-state index contributed by atoms with van der Waals surface area (Å²) < 4.78 is 62.5. The fourth-order valence-corrected chi connectivity index (χ4v) is 5.99. The van der Waals surface area contributed by atoms with Gasteiger partial charge in [0, 0.05) is 51.4 Å². The molecule has 1 saturated heterocycles. The lowest BCUT2D eigenvalue weighted by Crippen LogP contribution is -2.37. The maximum Gasteiger partial charge on any atom is 0.416 e. The molecule has 1 aliphatic rings. The molecule has 41 heavy (non-hydrogen) atoms. The average Bonchev–Trinajstić information content (AvgIpc) is 3.09. The second-order valence-electron chi connectivity index (χ2n) is 11.1. The highest BCUT2D eigenvalue weighted by molar-refractivity contribution is 7.90. The van der Waals surface area contributed by atoms with Gasteiger partial charge in [0.2, 0.25) is 5.91 Å². The van der Waals surface area contributed by atoms with Crippen molar-refractivity contribution in [2.45, 2.75) is 69.5 Å². The van der Waals surface area contributed by atoms with Gasteiger partial charge in [-0.2, -0.15) is 13.2 Å². The molecule has 228 valence electrons. The first-order chi connectivity index (χ1) is 19.4. The predicted octanol–water partition coefficient (Wildman–Crippen LogP) is 5.31. The lowest BCUT2D eigenvalue weighted by molar-refractivity contribution is -0.137. The van der Waals surface area contributed by atoms with Crippen LogP contribution in [0.25, 0.3) is 0 Å². The molecule has 6 nitrogen and oxygen atoms in total. The third-order valence-electron chi connectivity index (χ3n) is 7.79.